The molecule has 0 heterocycles. The number of rotatable bonds is 5. The molecule has 4 nitrogen and oxygen atoms in total. The lowest BCUT2D eigenvalue weighted by Gasteiger charge is -2.22. The third-order valence-corrected chi connectivity index (χ3v) is 3.05. The number of benzene rings is 1. The van der Waals surface area contributed by atoms with E-state index in [1.807, 2.05) is 26.8 Å². The minimum Gasteiger partial charge on any atom is -0.507 e. The summed E-state index contributed by atoms with van der Waals surface area (Å²) in [5.74, 6) is -0.240. The molecule has 0 amide bonds. The summed E-state index contributed by atoms with van der Waals surface area (Å²) in [5.41, 5.74) is 1.78. The zero-order chi connectivity index (χ0) is 15.3. The van der Waals surface area contributed by atoms with Crippen LogP contribution in [0.4, 0.5) is 0 Å². The number of aldehydes is 1. The molecule has 0 atom stereocenters. The van der Waals surface area contributed by atoms with Crippen LogP contribution in [-0.2, 0) is 21.4 Å². The summed E-state index contributed by atoms with van der Waals surface area (Å²) in [4.78, 5) is 21.7. The molecule has 0 bridgehead atoms. The average Bonchev–Trinajstić information content (AvgIpc) is 2.34. The number of hydrogen-bond acceptors (Lipinski definition) is 4. The number of hydrogen-bond donors (Lipinski definition) is 1. The lowest BCUT2D eigenvalue weighted by Crippen LogP contribution is -2.13. The molecule has 0 saturated heterocycles. The van der Waals surface area contributed by atoms with Gasteiger partial charge in [0.25, 0.3) is 0 Å². The molecular weight excluding hydrogens is 256 g/mol. The van der Waals surface area contributed by atoms with Gasteiger partial charge in [-0.15, -0.1) is 0 Å². The predicted octanol–water partition coefficient (Wildman–Crippen LogP) is 3.00. The molecule has 20 heavy (non-hydrogen) atoms. The van der Waals surface area contributed by atoms with Gasteiger partial charge in [0.2, 0.25) is 0 Å². The van der Waals surface area contributed by atoms with E-state index in [1.165, 1.54) is 6.92 Å². The van der Waals surface area contributed by atoms with E-state index in [1.54, 1.807) is 6.07 Å². The molecule has 0 saturated carbocycles. The fourth-order valence-electron chi connectivity index (χ4n) is 2.02. The molecular formula is C16H22O4. The summed E-state index contributed by atoms with van der Waals surface area (Å²) in [7, 11) is 0. The van der Waals surface area contributed by atoms with Gasteiger partial charge in [-0.3, -0.25) is 9.59 Å². The van der Waals surface area contributed by atoms with Gasteiger partial charge in [-0.2, -0.15) is 0 Å². The second-order valence-electron chi connectivity index (χ2n) is 5.89. The highest BCUT2D eigenvalue weighted by Gasteiger charge is 2.21. The second kappa shape index (κ2) is 6.55. The van der Waals surface area contributed by atoms with Gasteiger partial charge >= 0.3 is 5.97 Å². The second-order valence-corrected chi connectivity index (χ2v) is 5.89. The molecule has 0 unspecified atom stereocenters. The first-order valence-corrected chi connectivity index (χ1v) is 6.70. The minimum atomic E-state index is -0.292. The molecule has 0 fully saturated rings. The van der Waals surface area contributed by atoms with E-state index in [0.717, 1.165) is 11.1 Å². The lowest BCUT2D eigenvalue weighted by molar-refractivity contribution is -0.141. The van der Waals surface area contributed by atoms with Crippen LogP contribution >= 0.6 is 0 Å². The van der Waals surface area contributed by atoms with Gasteiger partial charge in [0.1, 0.15) is 5.75 Å². The Morgan fingerprint density at radius 2 is 2.00 bits per heavy atom. The van der Waals surface area contributed by atoms with Crippen molar-refractivity contribution in [3.8, 4) is 5.75 Å². The van der Waals surface area contributed by atoms with Gasteiger partial charge in [0, 0.05) is 12.5 Å². The first kappa shape index (κ1) is 16.2. The molecule has 0 aromatic heterocycles. The SMILES string of the molecule is CC(=O)OCCCc1cc(C=O)c(O)c(C(C)(C)C)c1. The largest absolute Gasteiger partial charge is 0.507 e. The quantitative estimate of drug-likeness (QED) is 0.511. The van der Waals surface area contributed by atoms with Crippen molar-refractivity contribution in [2.75, 3.05) is 6.61 Å². The maximum Gasteiger partial charge on any atom is 0.302 e. The molecule has 0 spiro atoms. The van der Waals surface area contributed by atoms with E-state index >= 15 is 0 Å². The van der Waals surface area contributed by atoms with Crippen molar-refractivity contribution in [2.24, 2.45) is 0 Å². The number of ether oxygens (including phenoxy) is 1. The number of phenols is 1. The zero-order valence-electron chi connectivity index (χ0n) is 12.5. The number of aryl methyl sites for hydroxylation is 1. The number of phenolic OH excluding ortho intramolecular Hbond substituents is 1. The Morgan fingerprint density at radius 1 is 1.35 bits per heavy atom. The van der Waals surface area contributed by atoms with Gasteiger partial charge in [-0.05, 0) is 29.9 Å². The molecule has 0 aliphatic carbocycles. The van der Waals surface area contributed by atoms with Crippen molar-refractivity contribution in [2.45, 2.75) is 46.0 Å². The van der Waals surface area contributed by atoms with Gasteiger partial charge in [0.15, 0.2) is 6.29 Å². The van der Waals surface area contributed by atoms with Gasteiger partial charge in [0.05, 0.1) is 12.2 Å². The molecule has 1 rings (SSSR count). The van der Waals surface area contributed by atoms with Crippen LogP contribution in [0.25, 0.3) is 0 Å². The summed E-state index contributed by atoms with van der Waals surface area (Å²) >= 11 is 0. The smallest absolute Gasteiger partial charge is 0.302 e. The Bertz CT molecular complexity index is 498. The maximum absolute atomic E-state index is 11.0. The van der Waals surface area contributed by atoms with Crippen LogP contribution in [0.3, 0.4) is 0 Å². The predicted molar refractivity (Wildman–Crippen MR) is 77.1 cm³/mol. The van der Waals surface area contributed by atoms with Crippen LogP contribution in [0.2, 0.25) is 0 Å². The average molecular weight is 278 g/mol. The van der Waals surface area contributed by atoms with Crippen LogP contribution in [-0.4, -0.2) is 24.0 Å². The van der Waals surface area contributed by atoms with E-state index in [4.69, 9.17) is 4.74 Å². The summed E-state index contributed by atoms with van der Waals surface area (Å²) in [6.07, 6.45) is 2.05. The highest BCUT2D eigenvalue weighted by atomic mass is 16.5. The number of carbonyl (C=O) groups excluding carboxylic acids is 2. The van der Waals surface area contributed by atoms with Crippen LogP contribution in [0, 0.1) is 0 Å². The van der Waals surface area contributed by atoms with Crippen molar-refractivity contribution in [1.29, 1.82) is 0 Å². The number of aromatic hydroxyl groups is 1. The van der Waals surface area contributed by atoms with E-state index in [2.05, 4.69) is 0 Å². The summed E-state index contributed by atoms with van der Waals surface area (Å²) < 4.78 is 4.88. The van der Waals surface area contributed by atoms with Crippen LogP contribution in [0.15, 0.2) is 12.1 Å². The van der Waals surface area contributed by atoms with Gasteiger partial charge in [-0.25, -0.2) is 0 Å². The molecule has 0 aliphatic heterocycles. The van der Waals surface area contributed by atoms with Crippen molar-refractivity contribution in [3.05, 3.63) is 28.8 Å². The van der Waals surface area contributed by atoms with Crippen molar-refractivity contribution in [3.63, 3.8) is 0 Å². The minimum absolute atomic E-state index is 0.0521. The summed E-state index contributed by atoms with van der Waals surface area (Å²) in [6.45, 7) is 7.69. The first-order valence-electron chi connectivity index (χ1n) is 6.70. The molecule has 4 heteroatoms. The molecule has 0 aliphatic rings. The highest BCUT2D eigenvalue weighted by Crippen LogP contribution is 2.34. The Hall–Kier alpha value is -1.84. The van der Waals surface area contributed by atoms with Gasteiger partial charge in [-0.1, -0.05) is 26.8 Å². The first-order chi connectivity index (χ1) is 9.25. The fourth-order valence-corrected chi connectivity index (χ4v) is 2.02. The zero-order valence-corrected chi connectivity index (χ0v) is 12.5. The molecule has 1 N–H and O–H groups in total. The Balaban J connectivity index is 2.92. The molecule has 110 valence electrons. The third-order valence-electron chi connectivity index (χ3n) is 3.05. The monoisotopic (exact) mass is 278 g/mol. The topological polar surface area (TPSA) is 63.6 Å². The summed E-state index contributed by atoms with van der Waals surface area (Å²) in [6, 6.07) is 3.60. The van der Waals surface area contributed by atoms with Crippen molar-refractivity contribution >= 4 is 12.3 Å². The number of carbonyl (C=O) groups is 2. The Kier molecular flexibility index (Phi) is 5.31. The van der Waals surface area contributed by atoms with Crippen molar-refractivity contribution in [1.82, 2.24) is 0 Å². The molecule has 1 aromatic rings. The van der Waals surface area contributed by atoms with Crippen LogP contribution in [0.5, 0.6) is 5.75 Å². The van der Waals surface area contributed by atoms with Crippen LogP contribution < -0.4 is 0 Å². The standard InChI is InChI=1S/C16H22O4/c1-11(18)20-7-5-6-12-8-13(10-17)15(19)14(9-12)16(2,3)4/h8-10,19H,5-7H2,1-4H3. The molecule has 1 aromatic carbocycles. The van der Waals surface area contributed by atoms with E-state index in [0.29, 0.717) is 31.3 Å². The Morgan fingerprint density at radius 3 is 2.50 bits per heavy atom. The lowest BCUT2D eigenvalue weighted by atomic mass is 9.83. The van der Waals surface area contributed by atoms with Crippen molar-refractivity contribution < 1.29 is 19.4 Å². The molecule has 0 radical (unpaired) electrons. The maximum atomic E-state index is 11.0. The van der Waals surface area contributed by atoms with Crippen LogP contribution in [0.1, 0.15) is 55.6 Å². The number of esters is 1. The van der Waals surface area contributed by atoms with E-state index in [-0.39, 0.29) is 17.1 Å². The van der Waals surface area contributed by atoms with Gasteiger partial charge < -0.3 is 9.84 Å². The third kappa shape index (κ3) is 4.37. The van der Waals surface area contributed by atoms with E-state index in [9.17, 15) is 14.7 Å². The Labute approximate surface area is 119 Å². The normalized spacial score (nSPS) is 11.2. The van der Waals surface area contributed by atoms with E-state index < -0.39 is 0 Å². The summed E-state index contributed by atoms with van der Waals surface area (Å²) in [5, 5.41) is 10.1. The highest BCUT2D eigenvalue weighted by molar-refractivity contribution is 5.80. The fraction of sp³-hybridized carbons (Fsp3) is 0.500.